The molecule has 7 nitrogen and oxygen atoms in total. The third-order valence-electron chi connectivity index (χ3n) is 12.9. The summed E-state index contributed by atoms with van der Waals surface area (Å²) in [4.78, 5) is 32.7. The van der Waals surface area contributed by atoms with Crippen molar-refractivity contribution in [3.8, 4) is 6.07 Å². The highest BCUT2D eigenvalue weighted by Crippen LogP contribution is 2.74. The largest absolute Gasteiger partial charge is 0.338 e. The number of ketones is 2. The molecular formula is C33H44N4O3. The molecule has 1 aromatic rings. The van der Waals surface area contributed by atoms with Crippen LogP contribution in [0.2, 0.25) is 0 Å². The minimum atomic E-state index is -0.661. The first-order valence-corrected chi connectivity index (χ1v) is 15.1. The quantitative estimate of drug-likeness (QED) is 0.484. The molecule has 0 aliphatic heterocycles. The lowest BCUT2D eigenvalue weighted by atomic mass is 9.34. The van der Waals surface area contributed by atoms with Gasteiger partial charge in [-0.25, -0.2) is 0 Å². The summed E-state index contributed by atoms with van der Waals surface area (Å²) in [6, 6.07) is 2.20. The SMILES string of the molecule is CC1(C)CC[C@]2(c3noc(CN)n3)CC[C@]3(C)[C@H](C(=O)C=C4[C@@]5(C)C=C(C#N)C(=O)C(C)(C)[C@@H]5CC[C@]43C)C2C1. The number of aromatic nitrogens is 2. The van der Waals surface area contributed by atoms with Gasteiger partial charge in [-0.2, -0.15) is 10.2 Å². The number of nitrogens with zero attached hydrogens (tertiary/aromatic N) is 3. The van der Waals surface area contributed by atoms with E-state index in [0.29, 0.717) is 5.89 Å². The van der Waals surface area contributed by atoms with Gasteiger partial charge in [0.2, 0.25) is 5.89 Å². The van der Waals surface area contributed by atoms with Crippen molar-refractivity contribution < 1.29 is 14.1 Å². The van der Waals surface area contributed by atoms with Gasteiger partial charge >= 0.3 is 0 Å². The van der Waals surface area contributed by atoms with Gasteiger partial charge in [0.15, 0.2) is 17.4 Å². The van der Waals surface area contributed by atoms with Crippen LogP contribution in [0.1, 0.15) is 105 Å². The number of rotatable bonds is 2. The second-order valence-corrected chi connectivity index (χ2v) is 15.6. The number of Topliss-reactive ketones (excluding diaryl/α,β-unsaturated/α-hetero) is 1. The van der Waals surface area contributed by atoms with Gasteiger partial charge in [0.1, 0.15) is 6.07 Å². The highest BCUT2D eigenvalue weighted by atomic mass is 16.5. The van der Waals surface area contributed by atoms with Gasteiger partial charge < -0.3 is 10.3 Å². The maximum atomic E-state index is 14.6. The number of hydrogen-bond donors (Lipinski definition) is 1. The molecule has 5 aliphatic rings. The molecular weight excluding hydrogens is 500 g/mol. The summed E-state index contributed by atoms with van der Waals surface area (Å²) >= 11 is 0. The van der Waals surface area contributed by atoms with Crippen molar-refractivity contribution in [2.45, 2.75) is 105 Å². The molecule has 40 heavy (non-hydrogen) atoms. The summed E-state index contributed by atoms with van der Waals surface area (Å²) in [5.41, 5.74) is 5.33. The molecule has 0 amide bonds. The van der Waals surface area contributed by atoms with E-state index in [-0.39, 0.29) is 63.1 Å². The molecule has 0 saturated heterocycles. The van der Waals surface area contributed by atoms with Crippen molar-refractivity contribution in [1.82, 2.24) is 10.1 Å². The Morgan fingerprint density at radius 3 is 2.40 bits per heavy atom. The molecule has 5 aliphatic carbocycles. The molecule has 7 atom stereocenters. The van der Waals surface area contributed by atoms with Crippen molar-refractivity contribution in [1.29, 1.82) is 5.26 Å². The van der Waals surface area contributed by atoms with E-state index in [2.05, 4.69) is 45.8 Å². The lowest BCUT2D eigenvalue weighted by molar-refractivity contribution is -0.160. The first-order valence-electron chi connectivity index (χ1n) is 15.1. The Hall–Kier alpha value is -2.59. The van der Waals surface area contributed by atoms with Crippen molar-refractivity contribution >= 4 is 11.6 Å². The third kappa shape index (κ3) is 3.26. The van der Waals surface area contributed by atoms with Gasteiger partial charge in [0.25, 0.3) is 0 Å². The molecule has 7 heteroatoms. The van der Waals surface area contributed by atoms with E-state index in [1.165, 1.54) is 0 Å². The first kappa shape index (κ1) is 27.6. The standard InChI is InChI=1S/C33H44N4O3/c1-28(2)10-12-33(27-36-24(18-35)40-37-27)13-11-32(7)25(20(33)16-28)21(38)14-23-30(5)15-19(17-34)26(39)29(3,4)22(30)8-9-31(23,32)6/h14-15,20,22,25H,8-13,16,18,35H2,1-7H3/t20?,22-,25-,30-,31+,32+,33-/m0/s1. The van der Waals surface area contributed by atoms with Crippen LogP contribution in [0.3, 0.4) is 0 Å². The third-order valence-corrected chi connectivity index (χ3v) is 12.9. The molecule has 0 spiro atoms. The Kier molecular flexibility index (Phi) is 5.68. The smallest absolute Gasteiger partial charge is 0.240 e. The van der Waals surface area contributed by atoms with E-state index in [4.69, 9.17) is 15.2 Å². The van der Waals surface area contributed by atoms with E-state index in [1.54, 1.807) is 0 Å². The van der Waals surface area contributed by atoms with Crippen LogP contribution in [0.5, 0.6) is 0 Å². The van der Waals surface area contributed by atoms with Crippen LogP contribution < -0.4 is 5.73 Å². The molecule has 1 unspecified atom stereocenters. The van der Waals surface area contributed by atoms with Crippen LogP contribution in [0.25, 0.3) is 0 Å². The molecule has 0 aromatic carbocycles. The minimum absolute atomic E-state index is 0.0437. The molecule has 1 heterocycles. The van der Waals surface area contributed by atoms with Gasteiger partial charge in [-0.1, -0.05) is 65.3 Å². The maximum Gasteiger partial charge on any atom is 0.240 e. The topological polar surface area (TPSA) is 123 Å². The highest BCUT2D eigenvalue weighted by Gasteiger charge is 2.70. The number of hydrogen-bond acceptors (Lipinski definition) is 7. The van der Waals surface area contributed by atoms with Crippen LogP contribution >= 0.6 is 0 Å². The van der Waals surface area contributed by atoms with Crippen LogP contribution in [0.15, 0.2) is 27.8 Å². The monoisotopic (exact) mass is 544 g/mol. The summed E-state index contributed by atoms with van der Waals surface area (Å²) < 4.78 is 5.53. The normalized spacial score (nSPS) is 43.3. The zero-order valence-electron chi connectivity index (χ0n) is 25.2. The zero-order chi connectivity index (χ0) is 29.1. The van der Waals surface area contributed by atoms with Gasteiger partial charge in [-0.15, -0.1) is 0 Å². The van der Waals surface area contributed by atoms with Crippen LogP contribution in [-0.4, -0.2) is 21.7 Å². The Labute approximate surface area is 238 Å². The second kappa shape index (κ2) is 8.25. The summed E-state index contributed by atoms with van der Waals surface area (Å²) in [6.45, 7) is 15.7. The van der Waals surface area contributed by atoms with E-state index >= 15 is 0 Å². The molecule has 1 aromatic heterocycles. The summed E-state index contributed by atoms with van der Waals surface area (Å²) in [5.74, 6) is 1.28. The molecule has 2 N–H and O–H groups in total. The van der Waals surface area contributed by atoms with E-state index in [0.717, 1.165) is 56.3 Å². The lowest BCUT2D eigenvalue weighted by Gasteiger charge is -2.69. The van der Waals surface area contributed by atoms with Crippen LogP contribution in [-0.2, 0) is 21.5 Å². The summed E-state index contributed by atoms with van der Waals surface area (Å²) in [6.07, 6.45) is 10.4. The van der Waals surface area contributed by atoms with Crippen molar-refractivity contribution in [3.05, 3.63) is 35.0 Å². The maximum absolute atomic E-state index is 14.6. The molecule has 214 valence electrons. The molecule has 0 radical (unpaired) electrons. The zero-order valence-corrected chi connectivity index (χ0v) is 25.2. The van der Waals surface area contributed by atoms with Gasteiger partial charge in [0, 0.05) is 22.2 Å². The van der Waals surface area contributed by atoms with Crippen molar-refractivity contribution in [3.63, 3.8) is 0 Å². The highest BCUT2D eigenvalue weighted by molar-refractivity contribution is 6.04. The van der Waals surface area contributed by atoms with Gasteiger partial charge in [0.05, 0.1) is 12.1 Å². The van der Waals surface area contributed by atoms with Crippen LogP contribution in [0, 0.1) is 56.2 Å². The van der Waals surface area contributed by atoms with E-state index < -0.39 is 10.8 Å². The van der Waals surface area contributed by atoms with Gasteiger partial charge in [-0.3, -0.25) is 9.59 Å². The van der Waals surface area contributed by atoms with Crippen LogP contribution in [0.4, 0.5) is 0 Å². The van der Waals surface area contributed by atoms with Crippen molar-refractivity contribution in [2.24, 2.45) is 50.6 Å². The Morgan fingerprint density at radius 1 is 1.05 bits per heavy atom. The Balaban J connectivity index is 1.53. The predicted molar refractivity (Wildman–Crippen MR) is 150 cm³/mol. The lowest BCUT2D eigenvalue weighted by Crippen LogP contribution is -2.65. The molecule has 3 saturated carbocycles. The minimum Gasteiger partial charge on any atom is -0.338 e. The summed E-state index contributed by atoms with van der Waals surface area (Å²) in [5, 5.41) is 14.4. The second-order valence-electron chi connectivity index (χ2n) is 15.6. The Bertz CT molecular complexity index is 1410. The average Bonchev–Trinajstić information content (AvgIpc) is 3.37. The Morgan fingerprint density at radius 2 is 1.75 bits per heavy atom. The van der Waals surface area contributed by atoms with E-state index in [1.807, 2.05) is 26.0 Å². The fourth-order valence-electron chi connectivity index (χ4n) is 10.6. The number of nitriles is 1. The summed E-state index contributed by atoms with van der Waals surface area (Å²) in [7, 11) is 0. The average molecular weight is 545 g/mol. The fraction of sp³-hybridized carbons (Fsp3) is 0.727. The predicted octanol–water partition coefficient (Wildman–Crippen LogP) is 6.00. The van der Waals surface area contributed by atoms with Gasteiger partial charge in [-0.05, 0) is 79.1 Å². The molecule has 0 bridgehead atoms. The number of allylic oxidation sites excluding steroid dienone is 4. The van der Waals surface area contributed by atoms with E-state index in [9.17, 15) is 14.9 Å². The fourth-order valence-corrected chi connectivity index (χ4v) is 10.6. The molecule has 6 rings (SSSR count). The number of carbonyl (C=O) groups is 2. The number of nitrogens with two attached hydrogens (primary N) is 1. The number of carbonyl (C=O) groups excluding carboxylic acids is 2. The number of fused-ring (bicyclic) bond motifs is 7. The van der Waals surface area contributed by atoms with Crippen molar-refractivity contribution in [2.75, 3.05) is 0 Å². The molecule has 3 fully saturated rings. The first-order chi connectivity index (χ1) is 18.6.